The molecule has 5 heteroatoms. The summed E-state index contributed by atoms with van der Waals surface area (Å²) in [6.07, 6.45) is 2.37. The molecule has 1 heterocycles. The SMILES string of the molecule is O=C(Cc1ccc(Cl)c(Cl)c1)N1CCC(CCl)CC1. The van der Waals surface area contributed by atoms with Crippen LogP contribution in [0.15, 0.2) is 18.2 Å². The molecule has 1 amide bonds. The minimum Gasteiger partial charge on any atom is -0.342 e. The number of amides is 1. The number of nitrogens with zero attached hydrogens (tertiary/aromatic N) is 1. The van der Waals surface area contributed by atoms with Crippen molar-refractivity contribution in [1.29, 1.82) is 0 Å². The van der Waals surface area contributed by atoms with Crippen LogP contribution in [0.1, 0.15) is 18.4 Å². The highest BCUT2D eigenvalue weighted by Gasteiger charge is 2.22. The molecular formula is C14H16Cl3NO. The lowest BCUT2D eigenvalue weighted by Crippen LogP contribution is -2.39. The van der Waals surface area contributed by atoms with Gasteiger partial charge in [-0.15, -0.1) is 11.6 Å². The molecule has 0 saturated carbocycles. The first-order valence-corrected chi connectivity index (χ1v) is 7.67. The highest BCUT2D eigenvalue weighted by Crippen LogP contribution is 2.24. The Morgan fingerprint density at radius 2 is 1.89 bits per heavy atom. The van der Waals surface area contributed by atoms with Crippen molar-refractivity contribution in [2.24, 2.45) is 5.92 Å². The number of piperidine rings is 1. The summed E-state index contributed by atoms with van der Waals surface area (Å²) < 4.78 is 0. The molecule has 0 spiro atoms. The minimum absolute atomic E-state index is 0.145. The number of hydrogen-bond donors (Lipinski definition) is 0. The Labute approximate surface area is 128 Å². The van der Waals surface area contributed by atoms with Gasteiger partial charge in [-0.2, -0.15) is 0 Å². The van der Waals surface area contributed by atoms with Gasteiger partial charge in [0.15, 0.2) is 0 Å². The van der Waals surface area contributed by atoms with Gasteiger partial charge in [-0.05, 0) is 36.5 Å². The van der Waals surface area contributed by atoms with E-state index in [0.717, 1.165) is 31.5 Å². The second kappa shape index (κ2) is 6.83. The zero-order valence-electron chi connectivity index (χ0n) is 10.5. The molecular weight excluding hydrogens is 305 g/mol. The zero-order chi connectivity index (χ0) is 13.8. The van der Waals surface area contributed by atoms with Gasteiger partial charge in [0.05, 0.1) is 16.5 Å². The molecule has 1 aliphatic rings. The Morgan fingerprint density at radius 1 is 1.21 bits per heavy atom. The molecule has 1 aliphatic heterocycles. The number of hydrogen-bond acceptors (Lipinski definition) is 1. The molecule has 0 aliphatic carbocycles. The van der Waals surface area contributed by atoms with Crippen LogP contribution >= 0.6 is 34.8 Å². The number of benzene rings is 1. The van der Waals surface area contributed by atoms with Gasteiger partial charge in [0.2, 0.25) is 5.91 Å². The van der Waals surface area contributed by atoms with Crippen LogP contribution in [0, 0.1) is 5.92 Å². The van der Waals surface area contributed by atoms with E-state index in [1.165, 1.54) is 0 Å². The van der Waals surface area contributed by atoms with Crippen LogP contribution in [0.3, 0.4) is 0 Å². The number of carbonyl (C=O) groups excluding carboxylic acids is 1. The summed E-state index contributed by atoms with van der Waals surface area (Å²) in [6.45, 7) is 1.61. The highest BCUT2D eigenvalue weighted by atomic mass is 35.5. The number of likely N-dealkylation sites (tertiary alicyclic amines) is 1. The summed E-state index contributed by atoms with van der Waals surface area (Å²) in [4.78, 5) is 14.1. The van der Waals surface area contributed by atoms with Gasteiger partial charge in [-0.1, -0.05) is 29.3 Å². The van der Waals surface area contributed by atoms with E-state index in [2.05, 4.69) is 0 Å². The highest BCUT2D eigenvalue weighted by molar-refractivity contribution is 6.42. The van der Waals surface area contributed by atoms with Crippen LogP contribution in [0.5, 0.6) is 0 Å². The molecule has 2 rings (SSSR count). The van der Waals surface area contributed by atoms with Crippen molar-refractivity contribution < 1.29 is 4.79 Å². The molecule has 1 aromatic rings. The topological polar surface area (TPSA) is 20.3 Å². The standard InChI is InChI=1S/C14H16Cl3NO/c15-9-10-3-5-18(6-4-10)14(19)8-11-1-2-12(16)13(17)7-11/h1-2,7,10H,3-6,8-9H2. The molecule has 0 unspecified atom stereocenters. The summed E-state index contributed by atoms with van der Waals surface area (Å²) >= 11 is 17.6. The quantitative estimate of drug-likeness (QED) is 0.771. The summed E-state index contributed by atoms with van der Waals surface area (Å²) in [5.41, 5.74) is 0.902. The van der Waals surface area contributed by atoms with E-state index in [0.29, 0.717) is 28.3 Å². The smallest absolute Gasteiger partial charge is 0.226 e. The molecule has 0 bridgehead atoms. The van der Waals surface area contributed by atoms with Crippen molar-refractivity contribution >= 4 is 40.7 Å². The van der Waals surface area contributed by atoms with E-state index < -0.39 is 0 Å². The third-order valence-electron chi connectivity index (χ3n) is 3.52. The third-order valence-corrected chi connectivity index (χ3v) is 4.70. The predicted molar refractivity (Wildman–Crippen MR) is 80.2 cm³/mol. The van der Waals surface area contributed by atoms with E-state index in [1.54, 1.807) is 12.1 Å². The van der Waals surface area contributed by atoms with Crippen LogP contribution < -0.4 is 0 Å². The average molecular weight is 321 g/mol. The molecule has 1 fully saturated rings. The largest absolute Gasteiger partial charge is 0.342 e. The monoisotopic (exact) mass is 319 g/mol. The van der Waals surface area contributed by atoms with E-state index >= 15 is 0 Å². The first-order chi connectivity index (χ1) is 9.10. The van der Waals surface area contributed by atoms with Crippen molar-refractivity contribution in [3.8, 4) is 0 Å². The maximum Gasteiger partial charge on any atom is 0.226 e. The fourth-order valence-corrected chi connectivity index (χ4v) is 2.90. The number of halogens is 3. The van der Waals surface area contributed by atoms with Crippen LogP contribution in [0.2, 0.25) is 10.0 Å². The van der Waals surface area contributed by atoms with Gasteiger partial charge in [-0.25, -0.2) is 0 Å². The van der Waals surface area contributed by atoms with E-state index in [-0.39, 0.29) is 5.91 Å². The average Bonchev–Trinajstić information content (AvgIpc) is 2.43. The maximum atomic E-state index is 12.2. The van der Waals surface area contributed by atoms with Gasteiger partial charge in [-0.3, -0.25) is 4.79 Å². The Hall–Kier alpha value is -0.440. The van der Waals surface area contributed by atoms with Crippen molar-refractivity contribution in [1.82, 2.24) is 4.90 Å². The Morgan fingerprint density at radius 3 is 2.47 bits per heavy atom. The van der Waals surface area contributed by atoms with Crippen LogP contribution in [0.25, 0.3) is 0 Å². The van der Waals surface area contributed by atoms with Crippen LogP contribution in [-0.2, 0) is 11.2 Å². The lowest BCUT2D eigenvalue weighted by Gasteiger charge is -2.31. The summed E-state index contributed by atoms with van der Waals surface area (Å²) in [5.74, 6) is 1.39. The van der Waals surface area contributed by atoms with Gasteiger partial charge in [0, 0.05) is 19.0 Å². The normalized spacial score (nSPS) is 16.7. The van der Waals surface area contributed by atoms with Gasteiger partial charge >= 0.3 is 0 Å². The summed E-state index contributed by atoms with van der Waals surface area (Å²) in [5, 5.41) is 1.01. The molecule has 0 aromatic heterocycles. The first kappa shape index (κ1) is 15.0. The van der Waals surface area contributed by atoms with Crippen molar-refractivity contribution in [2.45, 2.75) is 19.3 Å². The van der Waals surface area contributed by atoms with E-state index in [4.69, 9.17) is 34.8 Å². The van der Waals surface area contributed by atoms with E-state index in [1.807, 2.05) is 11.0 Å². The molecule has 0 atom stereocenters. The van der Waals surface area contributed by atoms with E-state index in [9.17, 15) is 4.79 Å². The van der Waals surface area contributed by atoms with Gasteiger partial charge in [0.1, 0.15) is 0 Å². The predicted octanol–water partition coefficient (Wildman–Crippen LogP) is 4.01. The second-order valence-electron chi connectivity index (χ2n) is 4.90. The third kappa shape index (κ3) is 4.01. The molecule has 0 N–H and O–H groups in total. The van der Waals surface area contributed by atoms with Crippen LogP contribution in [-0.4, -0.2) is 29.8 Å². The van der Waals surface area contributed by atoms with Crippen molar-refractivity contribution in [2.75, 3.05) is 19.0 Å². The van der Waals surface area contributed by atoms with Crippen molar-refractivity contribution in [3.63, 3.8) is 0 Å². The fourth-order valence-electron chi connectivity index (χ4n) is 2.27. The lowest BCUT2D eigenvalue weighted by molar-refractivity contribution is -0.131. The molecule has 104 valence electrons. The summed E-state index contributed by atoms with van der Waals surface area (Å²) in [6, 6.07) is 5.33. The lowest BCUT2D eigenvalue weighted by atomic mass is 9.98. The molecule has 0 radical (unpaired) electrons. The Balaban J connectivity index is 1.92. The maximum absolute atomic E-state index is 12.2. The van der Waals surface area contributed by atoms with Crippen LogP contribution in [0.4, 0.5) is 0 Å². The zero-order valence-corrected chi connectivity index (χ0v) is 12.8. The minimum atomic E-state index is 0.145. The Kier molecular flexibility index (Phi) is 5.37. The van der Waals surface area contributed by atoms with Crippen molar-refractivity contribution in [3.05, 3.63) is 33.8 Å². The fraction of sp³-hybridized carbons (Fsp3) is 0.500. The number of rotatable bonds is 3. The number of carbonyl (C=O) groups is 1. The van der Waals surface area contributed by atoms with Gasteiger partial charge in [0.25, 0.3) is 0 Å². The molecule has 2 nitrogen and oxygen atoms in total. The summed E-state index contributed by atoms with van der Waals surface area (Å²) in [7, 11) is 0. The molecule has 19 heavy (non-hydrogen) atoms. The Bertz CT molecular complexity index is 456. The number of alkyl halides is 1. The molecule has 1 saturated heterocycles. The first-order valence-electron chi connectivity index (χ1n) is 6.38. The van der Waals surface area contributed by atoms with Gasteiger partial charge < -0.3 is 4.90 Å². The molecule has 1 aromatic carbocycles. The second-order valence-corrected chi connectivity index (χ2v) is 6.03.